The third-order valence-corrected chi connectivity index (χ3v) is 9.39. The van der Waals surface area contributed by atoms with Gasteiger partial charge < -0.3 is 14.8 Å². The van der Waals surface area contributed by atoms with Crippen LogP contribution in [0.25, 0.3) is 0 Å². The van der Waals surface area contributed by atoms with Crippen molar-refractivity contribution in [2.24, 2.45) is 0 Å². The van der Waals surface area contributed by atoms with E-state index in [9.17, 15) is 26.0 Å². The lowest BCUT2D eigenvalue weighted by molar-refractivity contribution is -0.114. The third kappa shape index (κ3) is 6.93. The molecule has 0 bridgehead atoms. The van der Waals surface area contributed by atoms with Gasteiger partial charge in [0.25, 0.3) is 20.0 Å². The number of amides is 1. The van der Waals surface area contributed by atoms with Crippen molar-refractivity contribution in [3.8, 4) is 11.5 Å². The van der Waals surface area contributed by atoms with Gasteiger partial charge in [-0.05, 0) is 72.8 Å². The highest BCUT2D eigenvalue weighted by Crippen LogP contribution is 2.32. The molecule has 0 saturated heterocycles. The van der Waals surface area contributed by atoms with Gasteiger partial charge in [-0.15, -0.1) is 0 Å². The number of hydrogen-bond donors (Lipinski definition) is 2. The standard InChI is InChI=1S/C28H25ClFN3O7S2/c1-39-26-16-15-23(17-27(26)40-2)42(37,38)33(21-11-7-19(30)8-12-21)18-28(34)31-20-9-13-22(14-10-20)41(35,36)32-25-6-4-3-5-24(25)29/h3-17,32H,18H2,1-2H3,(H,31,34). The molecule has 4 rings (SSSR count). The number of rotatable bonds is 11. The van der Waals surface area contributed by atoms with E-state index >= 15 is 0 Å². The first-order chi connectivity index (χ1) is 19.9. The molecule has 42 heavy (non-hydrogen) atoms. The third-order valence-electron chi connectivity index (χ3n) is 5.91. The number of anilines is 3. The molecule has 220 valence electrons. The first kappa shape index (κ1) is 30.6. The lowest BCUT2D eigenvalue weighted by Gasteiger charge is -2.24. The van der Waals surface area contributed by atoms with E-state index in [-0.39, 0.29) is 37.6 Å². The Hall–Kier alpha value is -4.33. The lowest BCUT2D eigenvalue weighted by atomic mass is 10.3. The van der Waals surface area contributed by atoms with Gasteiger partial charge in [0.2, 0.25) is 5.91 Å². The van der Waals surface area contributed by atoms with Gasteiger partial charge >= 0.3 is 0 Å². The molecular weight excluding hydrogens is 609 g/mol. The van der Waals surface area contributed by atoms with Crippen molar-refractivity contribution < 1.29 is 35.5 Å². The molecule has 0 aliphatic rings. The summed E-state index contributed by atoms with van der Waals surface area (Å²) < 4.78 is 80.1. The fourth-order valence-corrected chi connectivity index (χ4v) is 6.58. The van der Waals surface area contributed by atoms with Crippen LogP contribution in [-0.4, -0.2) is 43.5 Å². The summed E-state index contributed by atoms with van der Waals surface area (Å²) in [5.41, 5.74) is 0.445. The van der Waals surface area contributed by atoms with Crippen LogP contribution in [0.1, 0.15) is 0 Å². The van der Waals surface area contributed by atoms with Crippen molar-refractivity contribution in [3.05, 3.63) is 102 Å². The average Bonchev–Trinajstić information content (AvgIpc) is 2.97. The highest BCUT2D eigenvalue weighted by Gasteiger charge is 2.28. The van der Waals surface area contributed by atoms with Crippen molar-refractivity contribution in [2.45, 2.75) is 9.79 Å². The van der Waals surface area contributed by atoms with Gasteiger partial charge in [-0.25, -0.2) is 21.2 Å². The fraction of sp³-hybridized carbons (Fsp3) is 0.107. The second-order valence-corrected chi connectivity index (χ2v) is 12.6. The Labute approximate surface area is 247 Å². The van der Waals surface area contributed by atoms with Crippen molar-refractivity contribution in [1.82, 2.24) is 0 Å². The number of para-hydroxylation sites is 1. The van der Waals surface area contributed by atoms with E-state index in [4.69, 9.17) is 21.1 Å². The van der Waals surface area contributed by atoms with Crippen LogP contribution < -0.4 is 23.8 Å². The van der Waals surface area contributed by atoms with E-state index in [0.717, 1.165) is 16.4 Å². The molecule has 0 unspecified atom stereocenters. The summed E-state index contributed by atoms with van der Waals surface area (Å²) in [4.78, 5) is 12.8. The van der Waals surface area contributed by atoms with Crippen LogP contribution in [0, 0.1) is 5.82 Å². The smallest absolute Gasteiger partial charge is 0.264 e. The van der Waals surface area contributed by atoms with Gasteiger partial charge in [-0.3, -0.25) is 13.8 Å². The number of nitrogens with one attached hydrogen (secondary N) is 2. The zero-order valence-electron chi connectivity index (χ0n) is 22.2. The summed E-state index contributed by atoms with van der Waals surface area (Å²) in [6, 6.07) is 20.1. The Morgan fingerprint density at radius 3 is 2.07 bits per heavy atom. The van der Waals surface area contributed by atoms with Crippen molar-refractivity contribution in [3.63, 3.8) is 0 Å². The molecule has 1 amide bonds. The van der Waals surface area contributed by atoms with Crippen LogP contribution >= 0.6 is 11.6 Å². The molecule has 0 atom stereocenters. The summed E-state index contributed by atoms with van der Waals surface area (Å²) in [6.07, 6.45) is 0. The molecule has 0 radical (unpaired) electrons. The van der Waals surface area contributed by atoms with Crippen LogP contribution in [0.2, 0.25) is 5.02 Å². The molecular formula is C28H25ClFN3O7S2. The normalized spacial score (nSPS) is 11.4. The van der Waals surface area contributed by atoms with Crippen LogP contribution in [0.5, 0.6) is 11.5 Å². The minimum Gasteiger partial charge on any atom is -0.493 e. The molecule has 2 N–H and O–H groups in total. The maximum absolute atomic E-state index is 13.7. The number of hydrogen-bond acceptors (Lipinski definition) is 7. The van der Waals surface area contributed by atoms with Crippen LogP contribution in [0.4, 0.5) is 21.5 Å². The molecule has 0 saturated carbocycles. The maximum atomic E-state index is 13.7. The van der Waals surface area contributed by atoms with E-state index < -0.39 is 38.3 Å². The Morgan fingerprint density at radius 1 is 0.833 bits per heavy atom. The Bertz CT molecular complexity index is 1800. The summed E-state index contributed by atoms with van der Waals surface area (Å²) >= 11 is 6.04. The maximum Gasteiger partial charge on any atom is 0.264 e. The van der Waals surface area contributed by atoms with Crippen LogP contribution in [0.3, 0.4) is 0 Å². The molecule has 0 fully saturated rings. The largest absolute Gasteiger partial charge is 0.493 e. The van der Waals surface area contributed by atoms with Gasteiger partial charge in [0, 0.05) is 11.8 Å². The molecule has 0 spiro atoms. The SMILES string of the molecule is COc1ccc(S(=O)(=O)N(CC(=O)Nc2ccc(S(=O)(=O)Nc3ccccc3Cl)cc2)c2ccc(F)cc2)cc1OC. The number of nitrogens with zero attached hydrogens (tertiary/aromatic N) is 1. The second-order valence-electron chi connectivity index (χ2n) is 8.66. The zero-order chi connectivity index (χ0) is 30.5. The minimum absolute atomic E-state index is 0.0356. The number of benzene rings is 4. The molecule has 4 aromatic rings. The van der Waals surface area contributed by atoms with Crippen molar-refractivity contribution in [2.75, 3.05) is 35.1 Å². The molecule has 0 aliphatic carbocycles. The van der Waals surface area contributed by atoms with Gasteiger partial charge in [0.15, 0.2) is 11.5 Å². The van der Waals surface area contributed by atoms with E-state index in [0.29, 0.717) is 5.75 Å². The number of sulfonamides is 2. The van der Waals surface area contributed by atoms with Crippen LogP contribution in [-0.2, 0) is 24.8 Å². The predicted octanol–water partition coefficient (Wildman–Crippen LogP) is 5.13. The average molecular weight is 634 g/mol. The zero-order valence-corrected chi connectivity index (χ0v) is 24.6. The molecule has 14 heteroatoms. The van der Waals surface area contributed by atoms with E-state index in [1.54, 1.807) is 18.2 Å². The quantitative estimate of drug-likeness (QED) is 0.234. The van der Waals surface area contributed by atoms with E-state index in [1.807, 2.05) is 0 Å². The van der Waals surface area contributed by atoms with Crippen molar-refractivity contribution in [1.29, 1.82) is 0 Å². The first-order valence-electron chi connectivity index (χ1n) is 12.1. The lowest BCUT2D eigenvalue weighted by Crippen LogP contribution is -2.38. The summed E-state index contributed by atoms with van der Waals surface area (Å²) in [6.45, 7) is -0.684. The molecule has 10 nitrogen and oxygen atoms in total. The molecule has 4 aromatic carbocycles. The topological polar surface area (TPSA) is 131 Å². The van der Waals surface area contributed by atoms with E-state index in [2.05, 4.69) is 10.0 Å². The van der Waals surface area contributed by atoms with Gasteiger partial charge in [-0.2, -0.15) is 0 Å². The number of halogens is 2. The Kier molecular flexibility index (Phi) is 9.24. The predicted molar refractivity (Wildman–Crippen MR) is 158 cm³/mol. The number of methoxy groups -OCH3 is 2. The fourth-order valence-electron chi connectivity index (χ4n) is 3.82. The number of carbonyl (C=O) groups excluding carboxylic acids is 1. The van der Waals surface area contributed by atoms with Gasteiger partial charge in [0.05, 0.1) is 40.4 Å². The number of carbonyl (C=O) groups is 1. The molecule has 0 aromatic heterocycles. The number of ether oxygens (including phenoxy) is 2. The van der Waals surface area contributed by atoms with Crippen LogP contribution in [0.15, 0.2) is 101 Å². The Balaban J connectivity index is 1.56. The summed E-state index contributed by atoms with van der Waals surface area (Å²) in [7, 11) is -5.59. The Morgan fingerprint density at radius 2 is 1.45 bits per heavy atom. The second kappa shape index (κ2) is 12.7. The van der Waals surface area contributed by atoms with Gasteiger partial charge in [0.1, 0.15) is 12.4 Å². The van der Waals surface area contributed by atoms with Gasteiger partial charge in [-0.1, -0.05) is 23.7 Å². The summed E-state index contributed by atoms with van der Waals surface area (Å²) in [5.74, 6) is -0.880. The highest BCUT2D eigenvalue weighted by atomic mass is 35.5. The van der Waals surface area contributed by atoms with Crippen molar-refractivity contribution >= 4 is 54.6 Å². The minimum atomic E-state index is -4.36. The van der Waals surface area contributed by atoms with E-state index in [1.165, 1.54) is 74.9 Å². The highest BCUT2D eigenvalue weighted by molar-refractivity contribution is 7.93. The summed E-state index contributed by atoms with van der Waals surface area (Å²) in [5, 5.41) is 2.78. The first-order valence-corrected chi connectivity index (χ1v) is 15.4. The molecule has 0 heterocycles. The monoisotopic (exact) mass is 633 g/mol. The molecule has 0 aliphatic heterocycles.